The fraction of sp³-hybridized carbons (Fsp3) is 0.182. The van der Waals surface area contributed by atoms with Crippen molar-refractivity contribution in [3.63, 3.8) is 0 Å². The Morgan fingerprint density at radius 2 is 1.78 bits per heavy atom. The third-order valence-corrected chi connectivity index (χ3v) is 2.18. The molecule has 7 heteroatoms. The van der Waals surface area contributed by atoms with Gasteiger partial charge in [-0.1, -0.05) is 6.07 Å². The van der Waals surface area contributed by atoms with E-state index < -0.39 is 17.6 Å². The average molecular weight is 253 g/mol. The topological polar surface area (TPSA) is 106 Å². The van der Waals surface area contributed by atoms with Crippen LogP contribution in [0.3, 0.4) is 0 Å². The molecule has 0 unspecified atom stereocenters. The number of benzene rings is 1. The summed E-state index contributed by atoms with van der Waals surface area (Å²) in [7, 11) is 0. The summed E-state index contributed by atoms with van der Waals surface area (Å²) in [6.07, 6.45) is 0.305. The Kier molecular flexibility index (Phi) is 4.36. The van der Waals surface area contributed by atoms with E-state index in [2.05, 4.69) is 0 Å². The van der Waals surface area contributed by atoms with Crippen molar-refractivity contribution in [2.24, 2.45) is 11.5 Å². The van der Waals surface area contributed by atoms with E-state index in [1.807, 2.05) is 0 Å². The van der Waals surface area contributed by atoms with E-state index in [9.17, 15) is 18.8 Å². The molecule has 0 atom stereocenters. The standard InChI is InChI=1S/C11H12FN3O3/c12-8-2-1-3-9(7(8)6-16)15(4-10(13)17)5-11(14)18/h1-3,6H,4-5H2,(H2,13,17)(H2,14,18). The van der Waals surface area contributed by atoms with Gasteiger partial charge in [0.2, 0.25) is 11.8 Å². The Morgan fingerprint density at radius 3 is 2.22 bits per heavy atom. The van der Waals surface area contributed by atoms with Crippen molar-refractivity contribution >= 4 is 23.8 Å². The summed E-state index contributed by atoms with van der Waals surface area (Å²) >= 11 is 0. The predicted molar refractivity (Wildman–Crippen MR) is 62.4 cm³/mol. The number of rotatable bonds is 6. The second-order valence-electron chi connectivity index (χ2n) is 3.58. The van der Waals surface area contributed by atoms with Crippen LogP contribution in [0.4, 0.5) is 10.1 Å². The SMILES string of the molecule is NC(=O)CN(CC(N)=O)c1cccc(F)c1C=O. The summed E-state index contributed by atoms with van der Waals surface area (Å²) in [5, 5.41) is 0. The van der Waals surface area contributed by atoms with Crippen molar-refractivity contribution in [3.8, 4) is 0 Å². The number of carbonyl (C=O) groups excluding carboxylic acids is 3. The quantitative estimate of drug-likeness (QED) is 0.661. The monoisotopic (exact) mass is 253 g/mol. The molecule has 1 aromatic rings. The van der Waals surface area contributed by atoms with Gasteiger partial charge >= 0.3 is 0 Å². The van der Waals surface area contributed by atoms with Crippen molar-refractivity contribution in [3.05, 3.63) is 29.6 Å². The minimum absolute atomic E-state index is 0.0996. The second kappa shape index (κ2) is 5.76. The summed E-state index contributed by atoms with van der Waals surface area (Å²) in [6, 6.07) is 3.85. The van der Waals surface area contributed by atoms with Gasteiger partial charge in [0.15, 0.2) is 6.29 Å². The molecule has 96 valence electrons. The van der Waals surface area contributed by atoms with Gasteiger partial charge in [-0.15, -0.1) is 0 Å². The van der Waals surface area contributed by atoms with Gasteiger partial charge in [-0.2, -0.15) is 0 Å². The van der Waals surface area contributed by atoms with Crippen LogP contribution in [0, 0.1) is 5.82 Å². The van der Waals surface area contributed by atoms with Crippen LogP contribution in [0.5, 0.6) is 0 Å². The van der Waals surface area contributed by atoms with Crippen molar-refractivity contribution in [2.75, 3.05) is 18.0 Å². The van der Waals surface area contributed by atoms with Gasteiger partial charge in [-0.3, -0.25) is 14.4 Å². The van der Waals surface area contributed by atoms with Crippen LogP contribution in [0.1, 0.15) is 10.4 Å². The highest BCUT2D eigenvalue weighted by Crippen LogP contribution is 2.21. The minimum Gasteiger partial charge on any atom is -0.368 e. The fourth-order valence-corrected chi connectivity index (χ4v) is 1.52. The molecule has 0 aliphatic rings. The number of primary amides is 2. The van der Waals surface area contributed by atoms with Crippen molar-refractivity contribution in [1.82, 2.24) is 0 Å². The molecule has 0 fully saturated rings. The number of amides is 2. The number of halogens is 1. The molecule has 0 saturated heterocycles. The highest BCUT2D eigenvalue weighted by atomic mass is 19.1. The maximum Gasteiger partial charge on any atom is 0.236 e. The van der Waals surface area contributed by atoms with E-state index in [1.165, 1.54) is 12.1 Å². The number of hydrogen-bond acceptors (Lipinski definition) is 4. The van der Waals surface area contributed by atoms with Crippen molar-refractivity contribution < 1.29 is 18.8 Å². The van der Waals surface area contributed by atoms with Gasteiger partial charge in [0, 0.05) is 0 Å². The van der Waals surface area contributed by atoms with Crippen LogP contribution in [0.15, 0.2) is 18.2 Å². The lowest BCUT2D eigenvalue weighted by Gasteiger charge is -2.23. The zero-order chi connectivity index (χ0) is 13.7. The first-order valence-corrected chi connectivity index (χ1v) is 5.01. The third-order valence-electron chi connectivity index (χ3n) is 2.18. The van der Waals surface area contributed by atoms with Crippen molar-refractivity contribution in [2.45, 2.75) is 0 Å². The number of nitrogens with two attached hydrogens (primary N) is 2. The summed E-state index contributed by atoms with van der Waals surface area (Å²) in [5.41, 5.74) is 9.89. The maximum absolute atomic E-state index is 13.4. The Balaban J connectivity index is 3.19. The van der Waals surface area contributed by atoms with Crippen LogP contribution in [0.2, 0.25) is 0 Å². The molecule has 4 N–H and O–H groups in total. The lowest BCUT2D eigenvalue weighted by molar-refractivity contribution is -0.117. The molecule has 0 saturated carbocycles. The summed E-state index contributed by atoms with van der Waals surface area (Å²) in [5.74, 6) is -2.20. The zero-order valence-corrected chi connectivity index (χ0v) is 9.43. The van der Waals surface area contributed by atoms with Gasteiger partial charge in [0.05, 0.1) is 24.3 Å². The summed E-state index contributed by atoms with van der Waals surface area (Å²) in [6.45, 7) is -0.680. The number of anilines is 1. The Bertz CT molecular complexity index is 474. The van der Waals surface area contributed by atoms with E-state index in [0.29, 0.717) is 6.29 Å². The first-order valence-electron chi connectivity index (χ1n) is 5.01. The molecule has 0 bridgehead atoms. The molecule has 1 rings (SSSR count). The van der Waals surface area contributed by atoms with Gasteiger partial charge in [0.1, 0.15) is 5.82 Å². The lowest BCUT2D eigenvalue weighted by Crippen LogP contribution is -2.40. The third kappa shape index (κ3) is 3.27. The van der Waals surface area contributed by atoms with Crippen molar-refractivity contribution in [1.29, 1.82) is 0 Å². The van der Waals surface area contributed by atoms with Crippen LogP contribution < -0.4 is 16.4 Å². The van der Waals surface area contributed by atoms with E-state index >= 15 is 0 Å². The zero-order valence-electron chi connectivity index (χ0n) is 9.43. The molecule has 0 heterocycles. The molecule has 0 radical (unpaired) electrons. The second-order valence-corrected chi connectivity index (χ2v) is 3.58. The summed E-state index contributed by atoms with van der Waals surface area (Å²) < 4.78 is 13.4. The summed E-state index contributed by atoms with van der Waals surface area (Å²) in [4.78, 5) is 33.8. The molecular weight excluding hydrogens is 241 g/mol. The molecular formula is C11H12FN3O3. The highest BCUT2D eigenvalue weighted by Gasteiger charge is 2.17. The number of hydrogen-bond donors (Lipinski definition) is 2. The number of aldehydes is 1. The molecule has 1 aromatic carbocycles. The van der Waals surface area contributed by atoms with Crippen LogP contribution in [-0.2, 0) is 9.59 Å². The molecule has 18 heavy (non-hydrogen) atoms. The predicted octanol–water partition coefficient (Wildman–Crippen LogP) is -0.585. The molecule has 0 aromatic heterocycles. The Morgan fingerprint density at radius 1 is 1.22 bits per heavy atom. The first-order chi connectivity index (χ1) is 8.45. The molecule has 0 spiro atoms. The first kappa shape index (κ1) is 13.6. The van der Waals surface area contributed by atoms with E-state index in [-0.39, 0.29) is 24.3 Å². The molecule has 0 aliphatic carbocycles. The normalized spacial score (nSPS) is 9.83. The smallest absolute Gasteiger partial charge is 0.236 e. The van der Waals surface area contributed by atoms with Crippen LogP contribution >= 0.6 is 0 Å². The Labute approximate surface area is 102 Å². The van der Waals surface area contributed by atoms with E-state index in [0.717, 1.165) is 11.0 Å². The van der Waals surface area contributed by atoms with Crippen LogP contribution in [-0.4, -0.2) is 31.2 Å². The number of carbonyl (C=O) groups is 3. The molecule has 2 amide bonds. The van der Waals surface area contributed by atoms with E-state index in [4.69, 9.17) is 11.5 Å². The molecule has 6 nitrogen and oxygen atoms in total. The van der Waals surface area contributed by atoms with Gasteiger partial charge < -0.3 is 16.4 Å². The largest absolute Gasteiger partial charge is 0.368 e. The Hall–Kier alpha value is -2.44. The molecule has 0 aliphatic heterocycles. The fourth-order valence-electron chi connectivity index (χ4n) is 1.52. The van der Waals surface area contributed by atoms with E-state index in [1.54, 1.807) is 0 Å². The average Bonchev–Trinajstić information content (AvgIpc) is 2.26. The van der Waals surface area contributed by atoms with Gasteiger partial charge in [0.25, 0.3) is 0 Å². The number of nitrogens with zero attached hydrogens (tertiary/aromatic N) is 1. The van der Waals surface area contributed by atoms with Crippen LogP contribution in [0.25, 0.3) is 0 Å². The highest BCUT2D eigenvalue weighted by molar-refractivity contribution is 5.90. The van der Waals surface area contributed by atoms with Gasteiger partial charge in [-0.05, 0) is 12.1 Å². The lowest BCUT2D eigenvalue weighted by atomic mass is 10.1. The van der Waals surface area contributed by atoms with Gasteiger partial charge in [-0.25, -0.2) is 4.39 Å². The minimum atomic E-state index is -0.749. The maximum atomic E-state index is 13.4.